The third kappa shape index (κ3) is 5.71. The topological polar surface area (TPSA) is 24.5 Å². The van der Waals surface area contributed by atoms with Gasteiger partial charge in [-0.05, 0) is 26.8 Å². The molecular weight excluding hydrogens is 248 g/mol. The van der Waals surface area contributed by atoms with E-state index in [-0.39, 0.29) is 5.54 Å². The predicted molar refractivity (Wildman–Crippen MR) is 87.3 cm³/mol. The molecule has 1 N–H and O–H groups in total. The second kappa shape index (κ2) is 9.75. The highest BCUT2D eigenvalue weighted by Crippen LogP contribution is 2.24. The van der Waals surface area contributed by atoms with Crippen LogP contribution in [0.25, 0.3) is 0 Å². The number of ether oxygens (including phenoxy) is 1. The summed E-state index contributed by atoms with van der Waals surface area (Å²) in [6.07, 6.45) is 8.14. The number of hydrogen-bond acceptors (Lipinski definition) is 3. The fraction of sp³-hybridized carbons (Fsp3) is 1.00. The Morgan fingerprint density at radius 1 is 1.05 bits per heavy atom. The van der Waals surface area contributed by atoms with Crippen molar-refractivity contribution in [3.8, 4) is 0 Å². The first kappa shape index (κ1) is 17.9. The van der Waals surface area contributed by atoms with Crippen molar-refractivity contribution in [2.75, 3.05) is 32.8 Å². The lowest BCUT2D eigenvalue weighted by Crippen LogP contribution is -2.60. The second-order valence-electron chi connectivity index (χ2n) is 6.57. The van der Waals surface area contributed by atoms with E-state index < -0.39 is 0 Å². The molecule has 1 rings (SSSR count). The molecule has 0 aromatic rings. The average Bonchev–Trinajstić information content (AvgIpc) is 2.46. The van der Waals surface area contributed by atoms with Crippen LogP contribution in [0.2, 0.25) is 0 Å². The molecule has 1 fully saturated rings. The minimum absolute atomic E-state index is 0.227. The Bertz CT molecular complexity index is 237. The molecule has 1 aliphatic heterocycles. The molecular formula is C17H36N2O. The van der Waals surface area contributed by atoms with Crippen molar-refractivity contribution in [1.82, 2.24) is 10.2 Å². The summed E-state index contributed by atoms with van der Waals surface area (Å²) in [5.41, 5.74) is 0.227. The van der Waals surface area contributed by atoms with E-state index in [0.29, 0.717) is 6.04 Å². The largest absolute Gasteiger partial charge is 0.379 e. The first-order chi connectivity index (χ1) is 9.62. The Balaban J connectivity index is 2.44. The summed E-state index contributed by atoms with van der Waals surface area (Å²) in [6, 6.07) is 0.590. The van der Waals surface area contributed by atoms with Crippen molar-refractivity contribution < 1.29 is 4.74 Å². The summed E-state index contributed by atoms with van der Waals surface area (Å²) in [6.45, 7) is 14.3. The summed E-state index contributed by atoms with van der Waals surface area (Å²) >= 11 is 0. The summed E-state index contributed by atoms with van der Waals surface area (Å²) in [7, 11) is 0. The zero-order chi connectivity index (χ0) is 14.8. The van der Waals surface area contributed by atoms with Gasteiger partial charge in [-0.15, -0.1) is 0 Å². The molecule has 0 spiro atoms. The molecule has 0 aromatic carbocycles. The molecule has 0 aliphatic carbocycles. The third-order valence-electron chi connectivity index (χ3n) is 4.73. The van der Waals surface area contributed by atoms with Crippen LogP contribution in [0.5, 0.6) is 0 Å². The van der Waals surface area contributed by atoms with Crippen LogP contribution >= 0.6 is 0 Å². The minimum Gasteiger partial charge on any atom is -0.379 e. The smallest absolute Gasteiger partial charge is 0.0594 e. The van der Waals surface area contributed by atoms with Gasteiger partial charge >= 0.3 is 0 Å². The highest BCUT2D eigenvalue weighted by molar-refractivity contribution is 4.94. The first-order valence-electron chi connectivity index (χ1n) is 8.69. The van der Waals surface area contributed by atoms with E-state index in [1.54, 1.807) is 0 Å². The van der Waals surface area contributed by atoms with Crippen LogP contribution in [0.3, 0.4) is 0 Å². The second-order valence-corrected chi connectivity index (χ2v) is 6.57. The van der Waals surface area contributed by atoms with Gasteiger partial charge in [0, 0.05) is 24.7 Å². The maximum atomic E-state index is 5.50. The van der Waals surface area contributed by atoms with Crippen molar-refractivity contribution >= 4 is 0 Å². The molecule has 3 heteroatoms. The fourth-order valence-corrected chi connectivity index (χ4v) is 3.26. The molecule has 0 radical (unpaired) electrons. The normalized spacial score (nSPS) is 19.2. The third-order valence-corrected chi connectivity index (χ3v) is 4.73. The quantitative estimate of drug-likeness (QED) is 0.622. The lowest BCUT2D eigenvalue weighted by atomic mass is 9.87. The molecule has 3 nitrogen and oxygen atoms in total. The Morgan fingerprint density at radius 3 is 2.30 bits per heavy atom. The van der Waals surface area contributed by atoms with Crippen molar-refractivity contribution in [2.45, 2.75) is 77.8 Å². The van der Waals surface area contributed by atoms with E-state index in [4.69, 9.17) is 4.74 Å². The highest BCUT2D eigenvalue weighted by Gasteiger charge is 2.35. The number of hydrogen-bond donors (Lipinski definition) is 1. The maximum absolute atomic E-state index is 5.50. The van der Waals surface area contributed by atoms with E-state index in [2.05, 4.69) is 37.9 Å². The molecule has 20 heavy (non-hydrogen) atoms. The van der Waals surface area contributed by atoms with Crippen molar-refractivity contribution in [2.24, 2.45) is 0 Å². The van der Waals surface area contributed by atoms with Gasteiger partial charge in [0.25, 0.3) is 0 Å². The van der Waals surface area contributed by atoms with E-state index in [1.807, 2.05) is 0 Å². The van der Waals surface area contributed by atoms with Crippen LogP contribution in [0.1, 0.15) is 66.2 Å². The van der Waals surface area contributed by atoms with Gasteiger partial charge in [-0.2, -0.15) is 0 Å². The molecule has 1 heterocycles. The van der Waals surface area contributed by atoms with Gasteiger partial charge in [-0.1, -0.05) is 46.0 Å². The van der Waals surface area contributed by atoms with Gasteiger partial charge in [-0.25, -0.2) is 0 Å². The van der Waals surface area contributed by atoms with Gasteiger partial charge in [0.15, 0.2) is 0 Å². The Labute approximate surface area is 126 Å². The fourth-order valence-electron chi connectivity index (χ4n) is 3.26. The van der Waals surface area contributed by atoms with E-state index in [0.717, 1.165) is 32.8 Å². The van der Waals surface area contributed by atoms with Gasteiger partial charge in [-0.3, -0.25) is 4.90 Å². The van der Waals surface area contributed by atoms with Gasteiger partial charge < -0.3 is 10.1 Å². The molecule has 0 amide bonds. The van der Waals surface area contributed by atoms with Crippen molar-refractivity contribution in [3.05, 3.63) is 0 Å². The first-order valence-corrected chi connectivity index (χ1v) is 8.69. The predicted octanol–water partition coefficient (Wildman–Crippen LogP) is 3.44. The molecule has 1 aliphatic rings. The van der Waals surface area contributed by atoms with Crippen LogP contribution in [-0.2, 0) is 4.74 Å². The van der Waals surface area contributed by atoms with Gasteiger partial charge in [0.1, 0.15) is 0 Å². The zero-order valence-electron chi connectivity index (χ0n) is 14.2. The van der Waals surface area contributed by atoms with Crippen LogP contribution in [0, 0.1) is 0 Å². The van der Waals surface area contributed by atoms with Crippen molar-refractivity contribution in [3.63, 3.8) is 0 Å². The number of unbranched alkanes of at least 4 members (excludes halogenated alkanes) is 4. The standard InChI is InChI=1S/C17H36N2O/c1-5-7-8-9-10-11-16(18-6-2)17(3,4)19-12-14-20-15-13-19/h16,18H,5-15H2,1-4H3. The molecule has 0 bridgehead atoms. The molecule has 0 saturated carbocycles. The average molecular weight is 284 g/mol. The molecule has 0 aromatic heterocycles. The van der Waals surface area contributed by atoms with Crippen LogP contribution in [0.4, 0.5) is 0 Å². The Morgan fingerprint density at radius 2 is 1.70 bits per heavy atom. The SMILES string of the molecule is CCCCCCCC(NCC)C(C)(C)N1CCOCC1. The van der Waals surface area contributed by atoms with Crippen LogP contribution in [-0.4, -0.2) is 49.3 Å². The molecule has 1 atom stereocenters. The van der Waals surface area contributed by atoms with Crippen LogP contribution in [0.15, 0.2) is 0 Å². The number of nitrogens with one attached hydrogen (secondary N) is 1. The summed E-state index contributed by atoms with van der Waals surface area (Å²) in [5, 5.41) is 3.73. The zero-order valence-corrected chi connectivity index (χ0v) is 14.2. The summed E-state index contributed by atoms with van der Waals surface area (Å²) in [4.78, 5) is 2.61. The summed E-state index contributed by atoms with van der Waals surface area (Å²) in [5.74, 6) is 0. The van der Waals surface area contributed by atoms with E-state index >= 15 is 0 Å². The Kier molecular flexibility index (Phi) is 8.74. The lowest BCUT2D eigenvalue weighted by Gasteiger charge is -2.46. The number of rotatable bonds is 10. The van der Waals surface area contributed by atoms with Gasteiger partial charge in [0.2, 0.25) is 0 Å². The molecule has 1 saturated heterocycles. The van der Waals surface area contributed by atoms with E-state index in [1.165, 1.54) is 38.5 Å². The Hall–Kier alpha value is -0.120. The van der Waals surface area contributed by atoms with Gasteiger partial charge in [0.05, 0.1) is 13.2 Å². The minimum atomic E-state index is 0.227. The number of nitrogens with zero attached hydrogens (tertiary/aromatic N) is 1. The maximum Gasteiger partial charge on any atom is 0.0594 e. The lowest BCUT2D eigenvalue weighted by molar-refractivity contribution is -0.0244. The van der Waals surface area contributed by atoms with Crippen LogP contribution < -0.4 is 5.32 Å². The monoisotopic (exact) mass is 284 g/mol. The number of likely N-dealkylation sites (N-methyl/N-ethyl adjacent to an activating group) is 1. The van der Waals surface area contributed by atoms with E-state index in [9.17, 15) is 0 Å². The highest BCUT2D eigenvalue weighted by atomic mass is 16.5. The number of morpholine rings is 1. The molecule has 1 unspecified atom stereocenters. The van der Waals surface area contributed by atoms with Crippen molar-refractivity contribution in [1.29, 1.82) is 0 Å². The summed E-state index contributed by atoms with van der Waals surface area (Å²) < 4.78 is 5.50. The molecule has 120 valence electrons.